The third-order valence-corrected chi connectivity index (χ3v) is 3.24. The summed E-state index contributed by atoms with van der Waals surface area (Å²) in [5.41, 5.74) is 0. The van der Waals surface area contributed by atoms with Gasteiger partial charge in [0.15, 0.2) is 0 Å². The number of unbranched alkanes of at least 4 members (excludes halogenated alkanes) is 4. The van der Waals surface area contributed by atoms with Gasteiger partial charge in [0.1, 0.15) is 18.3 Å². The zero-order valence-electron chi connectivity index (χ0n) is 14.2. The van der Waals surface area contributed by atoms with Crippen LogP contribution in [0, 0.1) is 23.7 Å². The van der Waals surface area contributed by atoms with Crippen molar-refractivity contribution in [2.24, 2.45) is 0 Å². The molecule has 0 saturated carbocycles. The Kier molecular flexibility index (Phi) is 12.8. The number of carbonyl (C=O) groups excluding carboxylic acids is 1. The van der Waals surface area contributed by atoms with Crippen LogP contribution in [0.5, 0.6) is 0 Å². The Bertz CT molecular complexity index is 461. The molecule has 2 N–H and O–H groups in total. The molecule has 0 aromatic carbocycles. The summed E-state index contributed by atoms with van der Waals surface area (Å²) in [5.74, 6) is 9.83. The van der Waals surface area contributed by atoms with Crippen molar-refractivity contribution in [3.8, 4) is 23.7 Å². The number of aliphatic hydroxyl groups is 2. The van der Waals surface area contributed by atoms with Crippen molar-refractivity contribution in [2.75, 3.05) is 0 Å². The lowest BCUT2D eigenvalue weighted by Gasteiger charge is -2.21. The van der Waals surface area contributed by atoms with Gasteiger partial charge in [-0.05, 0) is 24.7 Å². The van der Waals surface area contributed by atoms with Gasteiger partial charge in [0.2, 0.25) is 0 Å². The fraction of sp³-hybridized carbons (Fsp3) is 0.632. The molecule has 0 aliphatic carbocycles. The van der Waals surface area contributed by atoms with Gasteiger partial charge in [-0.15, -0.1) is 0 Å². The van der Waals surface area contributed by atoms with Gasteiger partial charge in [0.25, 0.3) is 0 Å². The van der Waals surface area contributed by atoms with Gasteiger partial charge in [-0.25, -0.2) is 0 Å². The molecule has 0 spiro atoms. The standard InChI is InChI=1S/C19H28O4/c1-4-6-7-8-12-15-19(23-16(3)20)18(22)14-11-9-10-13-17(21)5-2/h5,17-19,21-22H,2,4,6-8,12,14-15H2,1,3H3/t17-,18-,19-/m1/s1. The lowest BCUT2D eigenvalue weighted by atomic mass is 10.0. The minimum Gasteiger partial charge on any atom is -0.460 e. The Hall–Kier alpha value is -1.75. The smallest absolute Gasteiger partial charge is 0.302 e. The van der Waals surface area contributed by atoms with E-state index >= 15 is 0 Å². The van der Waals surface area contributed by atoms with Crippen LogP contribution in [0.2, 0.25) is 0 Å². The molecule has 0 aromatic heterocycles. The Morgan fingerprint density at radius 3 is 2.52 bits per heavy atom. The van der Waals surface area contributed by atoms with Crippen LogP contribution in [0.3, 0.4) is 0 Å². The second-order valence-corrected chi connectivity index (χ2v) is 5.37. The molecule has 23 heavy (non-hydrogen) atoms. The molecule has 0 heterocycles. The zero-order chi connectivity index (χ0) is 17.5. The zero-order valence-corrected chi connectivity index (χ0v) is 14.2. The molecular formula is C19H28O4. The third kappa shape index (κ3) is 12.5. The van der Waals surface area contributed by atoms with Crippen LogP contribution in [0.15, 0.2) is 12.7 Å². The minimum absolute atomic E-state index is 0.172. The Labute approximate surface area is 139 Å². The molecule has 0 amide bonds. The first-order chi connectivity index (χ1) is 11.0. The summed E-state index contributed by atoms with van der Waals surface area (Å²) in [6.07, 6.45) is 5.35. The maximum atomic E-state index is 11.1. The van der Waals surface area contributed by atoms with E-state index in [1.54, 1.807) is 0 Å². The average molecular weight is 320 g/mol. The number of hydrogen-bond acceptors (Lipinski definition) is 4. The molecule has 4 nitrogen and oxygen atoms in total. The Balaban J connectivity index is 4.35. The number of aliphatic hydroxyl groups excluding tert-OH is 2. The van der Waals surface area contributed by atoms with E-state index in [9.17, 15) is 9.90 Å². The first-order valence-corrected chi connectivity index (χ1v) is 8.15. The molecule has 3 atom stereocenters. The monoisotopic (exact) mass is 320 g/mol. The minimum atomic E-state index is -0.897. The maximum Gasteiger partial charge on any atom is 0.302 e. The Morgan fingerprint density at radius 1 is 1.22 bits per heavy atom. The second kappa shape index (κ2) is 13.9. The quantitative estimate of drug-likeness (QED) is 0.281. The summed E-state index contributed by atoms with van der Waals surface area (Å²) < 4.78 is 5.19. The highest BCUT2D eigenvalue weighted by Gasteiger charge is 2.20. The molecular weight excluding hydrogens is 292 g/mol. The van der Waals surface area contributed by atoms with Crippen molar-refractivity contribution in [3.05, 3.63) is 12.7 Å². The molecule has 0 rings (SSSR count). The van der Waals surface area contributed by atoms with E-state index in [-0.39, 0.29) is 6.42 Å². The van der Waals surface area contributed by atoms with E-state index < -0.39 is 24.3 Å². The normalized spacial score (nSPS) is 13.6. The van der Waals surface area contributed by atoms with Crippen LogP contribution in [-0.4, -0.2) is 34.5 Å². The van der Waals surface area contributed by atoms with Crippen LogP contribution >= 0.6 is 0 Å². The topological polar surface area (TPSA) is 66.8 Å². The van der Waals surface area contributed by atoms with Gasteiger partial charge in [0, 0.05) is 13.3 Å². The first kappa shape index (κ1) is 21.2. The summed E-state index contributed by atoms with van der Waals surface area (Å²) in [6, 6.07) is 0. The van der Waals surface area contributed by atoms with E-state index in [0.29, 0.717) is 6.42 Å². The highest BCUT2D eigenvalue weighted by molar-refractivity contribution is 5.66. The van der Waals surface area contributed by atoms with E-state index in [1.165, 1.54) is 25.8 Å². The first-order valence-electron chi connectivity index (χ1n) is 8.15. The van der Waals surface area contributed by atoms with Crippen LogP contribution in [0.25, 0.3) is 0 Å². The molecule has 0 bridgehead atoms. The number of rotatable bonds is 10. The van der Waals surface area contributed by atoms with Gasteiger partial charge >= 0.3 is 5.97 Å². The van der Waals surface area contributed by atoms with E-state index in [4.69, 9.17) is 9.84 Å². The molecule has 0 saturated heterocycles. The summed E-state index contributed by atoms with van der Waals surface area (Å²) in [7, 11) is 0. The predicted molar refractivity (Wildman–Crippen MR) is 91.3 cm³/mol. The van der Waals surface area contributed by atoms with Crippen LogP contribution < -0.4 is 0 Å². The summed E-state index contributed by atoms with van der Waals surface area (Å²) in [4.78, 5) is 11.1. The average Bonchev–Trinajstić information content (AvgIpc) is 2.52. The fourth-order valence-corrected chi connectivity index (χ4v) is 1.99. The van der Waals surface area contributed by atoms with Crippen molar-refractivity contribution in [2.45, 2.75) is 77.1 Å². The van der Waals surface area contributed by atoms with Crippen LogP contribution in [-0.2, 0) is 9.53 Å². The molecule has 0 aliphatic heterocycles. The molecule has 128 valence electrons. The van der Waals surface area contributed by atoms with Crippen LogP contribution in [0.1, 0.15) is 58.8 Å². The van der Waals surface area contributed by atoms with Crippen molar-refractivity contribution < 1.29 is 19.7 Å². The van der Waals surface area contributed by atoms with Crippen molar-refractivity contribution in [3.63, 3.8) is 0 Å². The highest BCUT2D eigenvalue weighted by atomic mass is 16.6. The molecule has 0 aliphatic rings. The van der Waals surface area contributed by atoms with Crippen LogP contribution in [0.4, 0.5) is 0 Å². The van der Waals surface area contributed by atoms with E-state index in [1.807, 2.05) is 0 Å². The molecule has 0 radical (unpaired) electrons. The molecule has 0 fully saturated rings. The number of hydrogen-bond donors (Lipinski definition) is 2. The number of carbonyl (C=O) groups is 1. The van der Waals surface area contributed by atoms with Gasteiger partial charge < -0.3 is 14.9 Å². The number of esters is 1. The van der Waals surface area contributed by atoms with Gasteiger partial charge in [-0.3, -0.25) is 4.79 Å². The van der Waals surface area contributed by atoms with Crippen molar-refractivity contribution >= 4 is 5.97 Å². The predicted octanol–water partition coefficient (Wildman–Crippen LogP) is 2.58. The summed E-state index contributed by atoms with van der Waals surface area (Å²) in [5, 5.41) is 19.3. The van der Waals surface area contributed by atoms with E-state index in [2.05, 4.69) is 37.2 Å². The fourth-order valence-electron chi connectivity index (χ4n) is 1.99. The van der Waals surface area contributed by atoms with Crippen molar-refractivity contribution in [1.82, 2.24) is 0 Å². The maximum absolute atomic E-state index is 11.1. The summed E-state index contributed by atoms with van der Waals surface area (Å²) >= 11 is 0. The lowest BCUT2D eigenvalue weighted by molar-refractivity contribution is -0.152. The third-order valence-electron chi connectivity index (χ3n) is 3.24. The van der Waals surface area contributed by atoms with Gasteiger partial charge in [-0.1, -0.05) is 57.1 Å². The second-order valence-electron chi connectivity index (χ2n) is 5.37. The Morgan fingerprint density at radius 2 is 1.91 bits per heavy atom. The summed E-state index contributed by atoms with van der Waals surface area (Å²) in [6.45, 7) is 6.89. The molecule has 0 aromatic rings. The lowest BCUT2D eigenvalue weighted by Crippen LogP contribution is -2.30. The SMILES string of the molecule is C=C[C@@H](O)C#CC#CC[C@@H](O)[C@@H](CCCCCCC)OC(C)=O. The molecule has 4 heteroatoms. The van der Waals surface area contributed by atoms with Crippen molar-refractivity contribution in [1.29, 1.82) is 0 Å². The largest absolute Gasteiger partial charge is 0.460 e. The van der Waals surface area contributed by atoms with Gasteiger partial charge in [-0.2, -0.15) is 0 Å². The van der Waals surface area contributed by atoms with E-state index in [0.717, 1.165) is 19.3 Å². The molecule has 0 unspecified atom stereocenters. The number of ether oxygens (including phenoxy) is 1. The van der Waals surface area contributed by atoms with Gasteiger partial charge in [0.05, 0.1) is 0 Å². The highest BCUT2D eigenvalue weighted by Crippen LogP contribution is 2.14.